The van der Waals surface area contributed by atoms with Gasteiger partial charge in [-0.25, -0.2) is 4.79 Å². The van der Waals surface area contributed by atoms with E-state index >= 15 is 9.59 Å². The molecule has 6 rings (SSSR count). The topological polar surface area (TPSA) is 159 Å². The second-order valence-electron chi connectivity index (χ2n) is 18.8. The number of methoxy groups -OCH3 is 1. The summed E-state index contributed by atoms with van der Waals surface area (Å²) in [6.45, 7) is 15.2. The minimum atomic E-state index is -3.01. The second kappa shape index (κ2) is 15.8. The lowest BCUT2D eigenvalue weighted by atomic mass is 9.52. The van der Waals surface area contributed by atoms with Gasteiger partial charge in [-0.05, 0) is 94.3 Å². The fourth-order valence-electron chi connectivity index (χ4n) is 8.48. The maximum Gasteiger partial charge on any atom is 0.514 e. The third-order valence-corrected chi connectivity index (χ3v) is 16.5. The predicted octanol–water partition coefficient (Wildman–Crippen LogP) is 8.07. The monoisotopic (exact) mass is 833 g/mol. The molecule has 0 unspecified atom stereocenters. The van der Waals surface area contributed by atoms with Crippen molar-refractivity contribution in [3.8, 4) is 11.6 Å². The molecule has 1 aromatic heterocycles. The summed E-state index contributed by atoms with van der Waals surface area (Å²) in [5.41, 5.74) is -2.03. The van der Waals surface area contributed by atoms with Crippen LogP contribution in [0.2, 0.25) is 18.1 Å². The number of aliphatic hydroxyl groups excluding tert-OH is 1. The summed E-state index contributed by atoms with van der Waals surface area (Å²) in [4.78, 5) is 48.4. The van der Waals surface area contributed by atoms with Crippen molar-refractivity contribution in [2.45, 2.75) is 96.4 Å². The number of hydrogen-bond donors (Lipinski definition) is 1. The predicted molar refractivity (Wildman–Crippen MR) is 223 cm³/mol. The molecule has 0 amide bonds. The van der Waals surface area contributed by atoms with Crippen LogP contribution in [0.4, 0.5) is 10.5 Å². The van der Waals surface area contributed by atoms with Gasteiger partial charge in [-0.2, -0.15) is 0 Å². The normalized spacial score (nSPS) is 23.0. The van der Waals surface area contributed by atoms with Crippen molar-refractivity contribution in [1.82, 2.24) is 10.1 Å². The number of ketones is 2. The average molecular weight is 834 g/mol. The molecule has 320 valence electrons. The van der Waals surface area contributed by atoms with E-state index in [4.69, 9.17) is 32.6 Å². The zero-order valence-electron chi connectivity index (χ0n) is 36.6. The third-order valence-electron chi connectivity index (χ3n) is 12.0. The molecule has 0 aliphatic heterocycles. The van der Waals surface area contributed by atoms with Crippen LogP contribution in [0, 0.1) is 11.3 Å². The van der Waals surface area contributed by atoms with E-state index in [9.17, 15) is 9.90 Å². The minimum absolute atomic E-state index is 0.0392. The lowest BCUT2D eigenvalue weighted by Gasteiger charge is -2.58. The van der Waals surface area contributed by atoms with Gasteiger partial charge in [0.15, 0.2) is 25.5 Å². The highest BCUT2D eigenvalue weighted by molar-refractivity contribution is 6.74. The SMILES string of the molecule is COCOC[C@@]12Cc3c(N(C)C)ccc(OC(=O)OC(C)(C)C)c3C(=O)C1=C(O)[C@]1(O[Si](C)(C)C(C)(C)C)C(=O)c3c(OCc4ccccc4)noc3[C@@H](N(C)C)[C@@H]1C2. The van der Waals surface area contributed by atoms with Crippen molar-refractivity contribution in [2.24, 2.45) is 11.3 Å². The lowest BCUT2D eigenvalue weighted by Crippen LogP contribution is -2.66. The fourth-order valence-corrected chi connectivity index (χ4v) is 9.94. The van der Waals surface area contributed by atoms with E-state index < -0.39 is 65.4 Å². The van der Waals surface area contributed by atoms with Crippen molar-refractivity contribution < 1.29 is 52.1 Å². The fraction of sp³-hybridized carbons (Fsp3) is 0.545. The van der Waals surface area contributed by atoms with Crippen molar-refractivity contribution in [2.75, 3.05) is 53.6 Å². The summed E-state index contributed by atoms with van der Waals surface area (Å²) >= 11 is 0. The van der Waals surface area contributed by atoms with E-state index in [1.165, 1.54) is 7.11 Å². The Morgan fingerprint density at radius 1 is 1.00 bits per heavy atom. The van der Waals surface area contributed by atoms with Crippen LogP contribution in [0.1, 0.15) is 91.6 Å². The van der Waals surface area contributed by atoms with Crippen LogP contribution in [-0.4, -0.2) is 101 Å². The number of carbonyl (C=O) groups is 3. The molecule has 4 atom stereocenters. The van der Waals surface area contributed by atoms with E-state index in [2.05, 4.69) is 5.16 Å². The number of ether oxygens (including phenoxy) is 5. The Labute approximate surface area is 347 Å². The maximum atomic E-state index is 15.8. The number of hydrogen-bond acceptors (Lipinski definition) is 14. The number of Topliss-reactive ketones (excluding diaryl/α,β-unsaturated/α-hetero) is 2. The molecule has 0 saturated heterocycles. The number of rotatable bonds is 12. The number of benzene rings is 2. The summed E-state index contributed by atoms with van der Waals surface area (Å²) in [6, 6.07) is 12.1. The smallest absolute Gasteiger partial charge is 0.508 e. The van der Waals surface area contributed by atoms with E-state index in [1.54, 1.807) is 32.9 Å². The van der Waals surface area contributed by atoms with Crippen molar-refractivity contribution in [3.63, 3.8) is 0 Å². The van der Waals surface area contributed by atoms with E-state index in [1.807, 2.05) is 102 Å². The Hall–Kier alpha value is -4.54. The highest BCUT2D eigenvalue weighted by Crippen LogP contribution is 2.63. The molecule has 3 aliphatic carbocycles. The van der Waals surface area contributed by atoms with Crippen LogP contribution in [0.25, 0.3) is 0 Å². The lowest BCUT2D eigenvalue weighted by molar-refractivity contribution is -0.0948. The summed E-state index contributed by atoms with van der Waals surface area (Å²) in [6.07, 6.45) is -0.704. The Bertz CT molecular complexity index is 2130. The number of aromatic nitrogens is 1. The summed E-state index contributed by atoms with van der Waals surface area (Å²) < 4.78 is 42.4. The van der Waals surface area contributed by atoms with E-state index in [0.29, 0.717) is 11.3 Å². The van der Waals surface area contributed by atoms with Crippen LogP contribution in [0.5, 0.6) is 11.6 Å². The Morgan fingerprint density at radius 3 is 2.27 bits per heavy atom. The first kappa shape index (κ1) is 44.0. The van der Waals surface area contributed by atoms with Gasteiger partial charge in [0.2, 0.25) is 5.78 Å². The van der Waals surface area contributed by atoms with Crippen LogP contribution < -0.4 is 14.4 Å². The van der Waals surface area contributed by atoms with E-state index in [0.717, 1.165) is 5.56 Å². The molecule has 15 heteroatoms. The quantitative estimate of drug-likeness (QED) is 0.0614. The van der Waals surface area contributed by atoms with Gasteiger partial charge in [0.25, 0.3) is 5.88 Å². The van der Waals surface area contributed by atoms with Crippen LogP contribution >= 0.6 is 0 Å². The molecule has 3 aromatic rings. The van der Waals surface area contributed by atoms with Crippen LogP contribution in [0.15, 0.2) is 58.3 Å². The van der Waals surface area contributed by atoms with Gasteiger partial charge in [0, 0.05) is 38.2 Å². The molecule has 1 heterocycles. The van der Waals surface area contributed by atoms with Crippen LogP contribution in [0.3, 0.4) is 0 Å². The molecule has 3 aliphatic rings. The van der Waals surface area contributed by atoms with Gasteiger partial charge in [0.1, 0.15) is 36.1 Å². The Morgan fingerprint density at radius 2 is 1.68 bits per heavy atom. The van der Waals surface area contributed by atoms with Gasteiger partial charge in [-0.3, -0.25) is 14.5 Å². The molecule has 0 spiro atoms. The number of nitrogens with zero attached hydrogens (tertiary/aromatic N) is 3. The molecular weight excluding hydrogens is 775 g/mol. The zero-order valence-corrected chi connectivity index (χ0v) is 37.6. The van der Waals surface area contributed by atoms with Gasteiger partial charge in [-0.1, -0.05) is 51.1 Å². The van der Waals surface area contributed by atoms with Gasteiger partial charge >= 0.3 is 6.16 Å². The highest BCUT2D eigenvalue weighted by atomic mass is 28.4. The van der Waals surface area contributed by atoms with Gasteiger partial charge in [-0.15, -0.1) is 0 Å². The molecule has 0 fully saturated rings. The Balaban J connectivity index is 1.65. The van der Waals surface area contributed by atoms with Crippen molar-refractivity contribution >= 4 is 31.7 Å². The highest BCUT2D eigenvalue weighted by Gasteiger charge is 2.70. The number of aliphatic hydroxyl groups is 1. The summed E-state index contributed by atoms with van der Waals surface area (Å²) in [5, 5.41) is 17.2. The molecule has 0 bridgehead atoms. The second-order valence-corrected chi connectivity index (χ2v) is 23.5. The molecule has 1 N–H and O–H groups in total. The third kappa shape index (κ3) is 7.83. The largest absolute Gasteiger partial charge is 0.514 e. The summed E-state index contributed by atoms with van der Waals surface area (Å²) in [7, 11) is 5.93. The first-order valence-corrected chi connectivity index (χ1v) is 22.8. The summed E-state index contributed by atoms with van der Waals surface area (Å²) in [5.74, 6) is -2.41. The molecule has 2 aromatic carbocycles. The standard InChI is InChI=1S/C44H59N3O11Si/c1-41(2,3)56-40(51)55-30-20-19-29(46(7)8)27-21-43(24-53-25-52-11)22-28-34(47(9)10)36-32(39(45-57-36)54-23-26-17-15-14-16-18-26)37(49)44(28,58-59(12,13)42(4,5)6)38(50)33(43)35(48)31(27)30/h14-20,28,34,50H,21-25H2,1-13H3/t28-,34-,43-,44+/m0/s1. The average Bonchev–Trinajstić information content (AvgIpc) is 3.54. The first-order chi connectivity index (χ1) is 27.5. The molecule has 59 heavy (non-hydrogen) atoms. The van der Waals surface area contributed by atoms with Gasteiger partial charge in [0.05, 0.1) is 23.8 Å². The minimum Gasteiger partial charge on any atom is -0.508 e. The number of fused-ring (bicyclic) bond motifs is 4. The molecule has 0 saturated carbocycles. The number of anilines is 1. The Kier molecular flexibility index (Phi) is 11.8. The van der Waals surface area contributed by atoms with E-state index in [-0.39, 0.29) is 66.9 Å². The number of carbonyl (C=O) groups excluding carboxylic acids is 3. The zero-order chi connectivity index (χ0) is 43.5. The van der Waals surface area contributed by atoms with Crippen LogP contribution in [-0.2, 0) is 31.7 Å². The molecular formula is C44H59N3O11Si. The maximum absolute atomic E-state index is 15.8. The molecule has 14 nitrogen and oxygen atoms in total. The molecule has 0 radical (unpaired) electrons. The van der Waals surface area contributed by atoms with Gasteiger partial charge < -0.3 is 42.6 Å². The van der Waals surface area contributed by atoms with Crippen molar-refractivity contribution in [3.05, 3.63) is 81.8 Å². The first-order valence-electron chi connectivity index (χ1n) is 19.9. The van der Waals surface area contributed by atoms with Crippen molar-refractivity contribution in [1.29, 1.82) is 0 Å².